The van der Waals surface area contributed by atoms with Gasteiger partial charge in [0.1, 0.15) is 0 Å². The minimum atomic E-state index is -0.228. The van der Waals surface area contributed by atoms with Crippen LogP contribution in [0.5, 0.6) is 0 Å². The van der Waals surface area contributed by atoms with Gasteiger partial charge >= 0.3 is 0 Å². The molecule has 0 aliphatic heterocycles. The molecule has 0 aromatic heterocycles. The molecule has 0 nitrogen and oxygen atoms in total. The van der Waals surface area contributed by atoms with Gasteiger partial charge in [-0.05, 0) is 31.1 Å². The van der Waals surface area contributed by atoms with Gasteiger partial charge in [-0.2, -0.15) is 0 Å². The molecule has 0 saturated carbocycles. The molecule has 0 spiro atoms. The average Bonchev–Trinajstić information content (AvgIpc) is 2.42. The van der Waals surface area contributed by atoms with E-state index < -0.39 is 0 Å². The molecule has 0 amide bonds. The van der Waals surface area contributed by atoms with Gasteiger partial charge in [0.15, 0.2) is 0 Å². The van der Waals surface area contributed by atoms with Crippen molar-refractivity contribution in [1.82, 2.24) is 0 Å². The smallest absolute Gasteiger partial charge is 0.0195 e. The van der Waals surface area contributed by atoms with Crippen LogP contribution in [0.1, 0.15) is 6.42 Å². The number of rotatable bonds is 5. The first-order valence-electron chi connectivity index (χ1n) is 5.90. The van der Waals surface area contributed by atoms with Crippen molar-refractivity contribution >= 4 is 18.5 Å². The second-order valence-corrected chi connectivity index (χ2v) is 6.24. The van der Waals surface area contributed by atoms with E-state index in [-0.39, 0.29) is 7.92 Å². The summed E-state index contributed by atoms with van der Waals surface area (Å²) in [6.45, 7) is 3.83. The summed E-state index contributed by atoms with van der Waals surface area (Å²) in [6, 6.07) is 21.6. The van der Waals surface area contributed by atoms with Crippen LogP contribution in [-0.4, -0.2) is 6.16 Å². The second kappa shape index (κ2) is 6.37. The molecule has 1 heteroatoms. The van der Waals surface area contributed by atoms with E-state index in [0.717, 1.165) is 6.42 Å². The third-order valence-electron chi connectivity index (χ3n) is 2.69. The van der Waals surface area contributed by atoms with Crippen molar-refractivity contribution in [3.8, 4) is 0 Å². The zero-order chi connectivity index (χ0) is 11.9. The Morgan fingerprint density at radius 1 is 0.824 bits per heavy atom. The first-order valence-corrected chi connectivity index (χ1v) is 7.43. The lowest BCUT2D eigenvalue weighted by molar-refractivity contribution is 1.24. The van der Waals surface area contributed by atoms with E-state index in [2.05, 4.69) is 67.2 Å². The van der Waals surface area contributed by atoms with Crippen molar-refractivity contribution in [2.24, 2.45) is 0 Å². The number of benzene rings is 2. The van der Waals surface area contributed by atoms with E-state index in [1.165, 1.54) is 16.8 Å². The molecular weight excluding hydrogens is 223 g/mol. The maximum Gasteiger partial charge on any atom is -0.0195 e. The molecule has 2 aromatic carbocycles. The highest BCUT2D eigenvalue weighted by Crippen LogP contribution is 2.33. The molecule has 0 unspecified atom stereocenters. The van der Waals surface area contributed by atoms with Crippen LogP contribution >= 0.6 is 7.92 Å². The molecule has 0 radical (unpaired) electrons. The minimum Gasteiger partial charge on any atom is -0.103 e. The van der Waals surface area contributed by atoms with Gasteiger partial charge in [0.2, 0.25) is 0 Å². The Balaban J connectivity index is 2.29. The van der Waals surface area contributed by atoms with E-state index in [1.54, 1.807) is 0 Å². The van der Waals surface area contributed by atoms with Crippen LogP contribution in [0.4, 0.5) is 0 Å². The van der Waals surface area contributed by atoms with E-state index in [0.29, 0.717) is 0 Å². The van der Waals surface area contributed by atoms with Gasteiger partial charge in [-0.1, -0.05) is 66.7 Å². The predicted molar refractivity (Wildman–Crippen MR) is 78.8 cm³/mol. The fourth-order valence-corrected chi connectivity index (χ4v) is 4.16. The van der Waals surface area contributed by atoms with E-state index in [4.69, 9.17) is 0 Å². The summed E-state index contributed by atoms with van der Waals surface area (Å²) in [6.07, 6.45) is 4.28. The molecule has 2 rings (SSSR count). The molecule has 2 aromatic rings. The molecule has 0 heterocycles. The van der Waals surface area contributed by atoms with E-state index >= 15 is 0 Å². The molecule has 17 heavy (non-hydrogen) atoms. The molecule has 0 aliphatic rings. The molecule has 0 atom stereocenters. The standard InChI is InChI=1S/C16H17P/c1-2-3-14-17(15-10-6-4-7-11-15)16-12-8-5-9-13-16/h2,4-13H,1,3,14H2. The van der Waals surface area contributed by atoms with Gasteiger partial charge < -0.3 is 0 Å². The Morgan fingerprint density at radius 2 is 1.29 bits per heavy atom. The lowest BCUT2D eigenvalue weighted by Gasteiger charge is -2.17. The van der Waals surface area contributed by atoms with Crippen molar-refractivity contribution in [1.29, 1.82) is 0 Å². The van der Waals surface area contributed by atoms with Crippen LogP contribution in [-0.2, 0) is 0 Å². The van der Waals surface area contributed by atoms with Gasteiger partial charge in [0, 0.05) is 0 Å². The van der Waals surface area contributed by atoms with Crippen molar-refractivity contribution in [3.63, 3.8) is 0 Å². The van der Waals surface area contributed by atoms with Crippen LogP contribution < -0.4 is 10.6 Å². The largest absolute Gasteiger partial charge is 0.103 e. The fraction of sp³-hybridized carbons (Fsp3) is 0.125. The SMILES string of the molecule is C=CCCP(c1ccccc1)c1ccccc1. The lowest BCUT2D eigenvalue weighted by atomic mass is 10.4. The molecule has 0 bridgehead atoms. The second-order valence-electron chi connectivity index (χ2n) is 3.90. The zero-order valence-electron chi connectivity index (χ0n) is 9.92. The maximum absolute atomic E-state index is 3.83. The van der Waals surface area contributed by atoms with E-state index in [1.807, 2.05) is 6.08 Å². The molecule has 0 aliphatic carbocycles. The summed E-state index contributed by atoms with van der Waals surface area (Å²) >= 11 is 0. The maximum atomic E-state index is 3.83. The third kappa shape index (κ3) is 3.28. The number of hydrogen-bond donors (Lipinski definition) is 0. The van der Waals surface area contributed by atoms with Crippen LogP contribution in [0, 0.1) is 0 Å². The monoisotopic (exact) mass is 240 g/mol. The molecular formula is C16H17P. The summed E-state index contributed by atoms with van der Waals surface area (Å²) in [5.41, 5.74) is 0. The highest BCUT2D eigenvalue weighted by Gasteiger charge is 2.11. The molecule has 0 N–H and O–H groups in total. The quantitative estimate of drug-likeness (QED) is 0.552. The Labute approximate surface area is 105 Å². The van der Waals surface area contributed by atoms with Crippen molar-refractivity contribution in [2.75, 3.05) is 6.16 Å². The Hall–Kier alpha value is -1.39. The summed E-state index contributed by atoms with van der Waals surface area (Å²) < 4.78 is 0. The molecule has 0 fully saturated rings. The zero-order valence-corrected chi connectivity index (χ0v) is 10.8. The van der Waals surface area contributed by atoms with Crippen LogP contribution in [0.2, 0.25) is 0 Å². The lowest BCUT2D eigenvalue weighted by Crippen LogP contribution is -2.13. The summed E-state index contributed by atoms with van der Waals surface area (Å²) in [4.78, 5) is 0. The van der Waals surface area contributed by atoms with Crippen molar-refractivity contribution in [2.45, 2.75) is 6.42 Å². The Bertz CT molecular complexity index is 408. The van der Waals surface area contributed by atoms with Crippen LogP contribution in [0.15, 0.2) is 73.3 Å². The highest BCUT2D eigenvalue weighted by atomic mass is 31.1. The normalized spacial score (nSPS) is 10.4. The van der Waals surface area contributed by atoms with Crippen LogP contribution in [0.25, 0.3) is 0 Å². The van der Waals surface area contributed by atoms with Gasteiger partial charge in [-0.25, -0.2) is 0 Å². The van der Waals surface area contributed by atoms with Crippen molar-refractivity contribution < 1.29 is 0 Å². The fourth-order valence-electron chi connectivity index (χ4n) is 1.84. The minimum absolute atomic E-state index is 0.228. The Kier molecular flexibility index (Phi) is 4.53. The summed E-state index contributed by atoms with van der Waals surface area (Å²) in [5, 5.41) is 2.91. The molecule has 0 saturated heterocycles. The van der Waals surface area contributed by atoms with Gasteiger partial charge in [-0.15, -0.1) is 6.58 Å². The molecule has 86 valence electrons. The first-order chi connectivity index (χ1) is 8.42. The van der Waals surface area contributed by atoms with Gasteiger partial charge in [-0.3, -0.25) is 0 Å². The number of allylic oxidation sites excluding steroid dienone is 1. The highest BCUT2D eigenvalue weighted by molar-refractivity contribution is 7.73. The topological polar surface area (TPSA) is 0 Å². The Morgan fingerprint density at radius 3 is 1.71 bits per heavy atom. The predicted octanol–water partition coefficient (Wildman–Crippen LogP) is 3.70. The average molecular weight is 240 g/mol. The first kappa shape index (κ1) is 12.1. The van der Waals surface area contributed by atoms with Gasteiger partial charge in [0.25, 0.3) is 0 Å². The van der Waals surface area contributed by atoms with Crippen molar-refractivity contribution in [3.05, 3.63) is 73.3 Å². The van der Waals surface area contributed by atoms with Crippen LogP contribution in [0.3, 0.4) is 0 Å². The van der Waals surface area contributed by atoms with E-state index in [9.17, 15) is 0 Å². The number of hydrogen-bond acceptors (Lipinski definition) is 0. The summed E-state index contributed by atoms with van der Waals surface area (Å²) in [7, 11) is -0.228. The third-order valence-corrected chi connectivity index (χ3v) is 5.24. The van der Waals surface area contributed by atoms with Gasteiger partial charge in [0.05, 0.1) is 0 Å². The summed E-state index contributed by atoms with van der Waals surface area (Å²) in [5.74, 6) is 0.